The molecule has 7 heteroatoms. The Labute approximate surface area is 111 Å². The molecule has 0 amide bonds. The average Bonchev–Trinajstić information content (AvgIpc) is 2.77. The fourth-order valence-electron chi connectivity index (χ4n) is 2.54. The van der Waals surface area contributed by atoms with Gasteiger partial charge in [-0.3, -0.25) is 4.40 Å². The number of sulfone groups is 1. The molecule has 1 saturated heterocycles. The van der Waals surface area contributed by atoms with Crippen LogP contribution in [0.5, 0.6) is 5.75 Å². The monoisotopic (exact) mass is 281 g/mol. The van der Waals surface area contributed by atoms with Crippen LogP contribution in [-0.2, 0) is 16.3 Å². The number of fused-ring (bicyclic) bond motifs is 1. The lowest BCUT2D eigenvalue weighted by Gasteiger charge is -2.21. The fraction of sp³-hybridized carbons (Fsp3) is 0.500. The van der Waals surface area contributed by atoms with Gasteiger partial charge in [-0.1, -0.05) is 6.42 Å². The van der Waals surface area contributed by atoms with E-state index in [1.165, 1.54) is 6.07 Å². The van der Waals surface area contributed by atoms with Gasteiger partial charge in [0.15, 0.2) is 15.6 Å². The first-order chi connectivity index (χ1) is 9.08. The van der Waals surface area contributed by atoms with Gasteiger partial charge in [0.2, 0.25) is 5.65 Å². The molecule has 1 aliphatic heterocycles. The summed E-state index contributed by atoms with van der Waals surface area (Å²) in [6, 6.07) is 3.22. The molecule has 2 aromatic heterocycles. The van der Waals surface area contributed by atoms with Gasteiger partial charge < -0.3 is 5.11 Å². The van der Waals surface area contributed by atoms with Crippen molar-refractivity contribution in [3.8, 4) is 5.75 Å². The average molecular weight is 281 g/mol. The van der Waals surface area contributed by atoms with Crippen molar-refractivity contribution in [1.82, 2.24) is 14.6 Å². The number of aromatic hydroxyl groups is 1. The van der Waals surface area contributed by atoms with Crippen LogP contribution in [0.2, 0.25) is 0 Å². The van der Waals surface area contributed by atoms with E-state index in [4.69, 9.17) is 0 Å². The number of rotatable bonds is 2. The summed E-state index contributed by atoms with van der Waals surface area (Å²) in [6.07, 6.45) is 4.45. The van der Waals surface area contributed by atoms with Crippen LogP contribution in [0.25, 0.3) is 5.65 Å². The van der Waals surface area contributed by atoms with Crippen LogP contribution < -0.4 is 0 Å². The van der Waals surface area contributed by atoms with E-state index >= 15 is 0 Å². The predicted octanol–water partition coefficient (Wildman–Crippen LogP) is 0.945. The van der Waals surface area contributed by atoms with Crippen molar-refractivity contribution in [3.63, 3.8) is 0 Å². The lowest BCUT2D eigenvalue weighted by atomic mass is 10.1. The third-order valence-electron chi connectivity index (χ3n) is 3.61. The molecule has 102 valence electrons. The minimum absolute atomic E-state index is 0.0488. The third-order valence-corrected chi connectivity index (χ3v) is 5.88. The summed E-state index contributed by atoms with van der Waals surface area (Å²) in [5, 5.41) is 17.2. The zero-order chi connectivity index (χ0) is 13.5. The lowest BCUT2D eigenvalue weighted by Crippen LogP contribution is -2.30. The van der Waals surface area contributed by atoms with Gasteiger partial charge in [0.05, 0.1) is 11.0 Å². The molecule has 6 nitrogen and oxygen atoms in total. The van der Waals surface area contributed by atoms with Crippen LogP contribution in [0, 0.1) is 0 Å². The van der Waals surface area contributed by atoms with Crippen LogP contribution in [0.3, 0.4) is 0 Å². The highest BCUT2D eigenvalue weighted by Crippen LogP contribution is 2.24. The first kappa shape index (κ1) is 12.4. The molecule has 0 spiro atoms. The van der Waals surface area contributed by atoms with Crippen LogP contribution in [-0.4, -0.2) is 39.1 Å². The minimum atomic E-state index is -3.02. The number of nitrogens with zero attached hydrogens (tertiary/aromatic N) is 3. The zero-order valence-corrected chi connectivity index (χ0v) is 11.2. The van der Waals surface area contributed by atoms with Crippen molar-refractivity contribution in [3.05, 3.63) is 24.2 Å². The van der Waals surface area contributed by atoms with Crippen molar-refractivity contribution in [2.75, 3.05) is 5.75 Å². The Morgan fingerprint density at radius 1 is 1.37 bits per heavy atom. The molecule has 0 bridgehead atoms. The smallest absolute Gasteiger partial charge is 0.203 e. The summed E-state index contributed by atoms with van der Waals surface area (Å²) >= 11 is 0. The Hall–Kier alpha value is -1.63. The summed E-state index contributed by atoms with van der Waals surface area (Å²) < 4.78 is 25.7. The molecule has 0 radical (unpaired) electrons. The molecule has 1 fully saturated rings. The van der Waals surface area contributed by atoms with Gasteiger partial charge >= 0.3 is 0 Å². The second-order valence-corrected chi connectivity index (χ2v) is 7.29. The van der Waals surface area contributed by atoms with E-state index in [1.54, 1.807) is 16.7 Å². The predicted molar refractivity (Wildman–Crippen MR) is 69.8 cm³/mol. The van der Waals surface area contributed by atoms with E-state index in [1.807, 2.05) is 0 Å². The highest BCUT2D eigenvalue weighted by atomic mass is 32.2. The molecule has 2 aromatic rings. The Morgan fingerprint density at radius 3 is 3.00 bits per heavy atom. The largest absolute Gasteiger partial charge is 0.504 e. The van der Waals surface area contributed by atoms with Crippen LogP contribution in [0.1, 0.15) is 25.1 Å². The maximum atomic E-state index is 12.0. The van der Waals surface area contributed by atoms with Crippen molar-refractivity contribution < 1.29 is 13.5 Å². The molecule has 0 saturated carbocycles. The van der Waals surface area contributed by atoms with Gasteiger partial charge in [0, 0.05) is 12.6 Å². The molecule has 1 atom stereocenters. The van der Waals surface area contributed by atoms with Crippen LogP contribution >= 0.6 is 0 Å². The van der Waals surface area contributed by atoms with Gasteiger partial charge in [-0.05, 0) is 25.0 Å². The van der Waals surface area contributed by atoms with E-state index < -0.39 is 9.84 Å². The summed E-state index contributed by atoms with van der Waals surface area (Å²) in [4.78, 5) is 0. The Balaban J connectivity index is 1.95. The van der Waals surface area contributed by atoms with E-state index in [0.29, 0.717) is 24.3 Å². The van der Waals surface area contributed by atoms with Gasteiger partial charge in [-0.15, -0.1) is 10.2 Å². The molecule has 19 heavy (non-hydrogen) atoms. The normalized spacial score (nSPS) is 22.6. The molecule has 1 aliphatic rings. The maximum Gasteiger partial charge on any atom is 0.203 e. The summed E-state index contributed by atoms with van der Waals surface area (Å²) in [7, 11) is -3.02. The van der Waals surface area contributed by atoms with Crippen molar-refractivity contribution in [2.24, 2.45) is 0 Å². The van der Waals surface area contributed by atoms with Gasteiger partial charge in [0.1, 0.15) is 5.82 Å². The van der Waals surface area contributed by atoms with Crippen molar-refractivity contribution in [2.45, 2.75) is 30.9 Å². The standard InChI is InChI=1S/C12H15N3O3S/c16-10-5-3-6-15-11(13-14-12(10)15)8-9-4-1-2-7-19(9,17)18/h3,5-6,9,16H,1-2,4,7-8H2. The number of hydrogen-bond acceptors (Lipinski definition) is 5. The molecule has 1 unspecified atom stereocenters. The van der Waals surface area contributed by atoms with Gasteiger partial charge in [-0.25, -0.2) is 8.42 Å². The molecule has 3 heterocycles. The molecule has 1 N–H and O–H groups in total. The SMILES string of the molecule is O=S1(=O)CCCCC1Cc1nnc2c(O)cccn12. The summed E-state index contributed by atoms with van der Waals surface area (Å²) in [6.45, 7) is 0. The quantitative estimate of drug-likeness (QED) is 0.885. The highest BCUT2D eigenvalue weighted by Gasteiger charge is 2.30. The Morgan fingerprint density at radius 2 is 2.21 bits per heavy atom. The highest BCUT2D eigenvalue weighted by molar-refractivity contribution is 7.92. The molecule has 3 rings (SSSR count). The van der Waals surface area contributed by atoms with E-state index in [0.717, 1.165) is 12.8 Å². The van der Waals surface area contributed by atoms with E-state index in [9.17, 15) is 13.5 Å². The van der Waals surface area contributed by atoms with Crippen molar-refractivity contribution >= 4 is 15.5 Å². The second kappa shape index (κ2) is 4.48. The fourth-order valence-corrected chi connectivity index (χ4v) is 4.41. The topological polar surface area (TPSA) is 84.6 Å². The van der Waals surface area contributed by atoms with Crippen LogP contribution in [0.15, 0.2) is 18.3 Å². The Bertz CT molecular complexity index is 708. The zero-order valence-electron chi connectivity index (χ0n) is 10.4. The second-order valence-electron chi connectivity index (χ2n) is 4.89. The number of hydrogen-bond donors (Lipinski definition) is 1. The summed E-state index contributed by atoms with van der Waals surface area (Å²) in [5.41, 5.74) is 0.366. The maximum absolute atomic E-state index is 12.0. The molecule has 0 aromatic carbocycles. The third kappa shape index (κ3) is 2.18. The first-order valence-electron chi connectivity index (χ1n) is 6.31. The lowest BCUT2D eigenvalue weighted by molar-refractivity contribution is 0.477. The van der Waals surface area contributed by atoms with E-state index in [-0.39, 0.29) is 16.8 Å². The summed E-state index contributed by atoms with van der Waals surface area (Å²) in [5.74, 6) is 0.897. The molecular formula is C12H15N3O3S. The number of aromatic nitrogens is 3. The van der Waals surface area contributed by atoms with Gasteiger partial charge in [-0.2, -0.15) is 0 Å². The van der Waals surface area contributed by atoms with Crippen LogP contribution in [0.4, 0.5) is 0 Å². The number of pyridine rings is 1. The Kier molecular flexibility index (Phi) is 2.93. The molecule has 0 aliphatic carbocycles. The van der Waals surface area contributed by atoms with E-state index in [2.05, 4.69) is 10.2 Å². The minimum Gasteiger partial charge on any atom is -0.504 e. The van der Waals surface area contributed by atoms with Gasteiger partial charge in [0.25, 0.3) is 0 Å². The molecular weight excluding hydrogens is 266 g/mol. The van der Waals surface area contributed by atoms with Crippen molar-refractivity contribution in [1.29, 1.82) is 0 Å². The first-order valence-corrected chi connectivity index (χ1v) is 8.02.